The Morgan fingerprint density at radius 1 is 1.06 bits per heavy atom. The van der Waals surface area contributed by atoms with Crippen LogP contribution in [0.4, 0.5) is 26.1 Å². The van der Waals surface area contributed by atoms with E-state index < -0.39 is 11.6 Å². The van der Waals surface area contributed by atoms with Crippen LogP contribution in [0, 0.1) is 11.6 Å². The predicted octanol–water partition coefficient (Wildman–Crippen LogP) is 5.14. The topological polar surface area (TPSA) is 87.0 Å². The first-order valence-corrected chi connectivity index (χ1v) is 10.9. The lowest BCUT2D eigenvalue weighted by atomic mass is 10.1. The number of nitrogens with zero attached hydrogens (tertiary/aromatic N) is 2. The molecule has 7 nitrogen and oxygen atoms in total. The number of anilines is 3. The maximum absolute atomic E-state index is 14.5. The number of benzene rings is 2. The molecule has 3 rings (SSSR count). The Labute approximate surface area is 188 Å². The predicted molar refractivity (Wildman–Crippen MR) is 121 cm³/mol. The lowest BCUT2D eigenvalue weighted by Gasteiger charge is -2.15. The Morgan fingerprint density at radius 3 is 2.71 bits per heavy atom. The van der Waals surface area contributed by atoms with E-state index in [1.807, 2.05) is 12.1 Å². The van der Waals surface area contributed by atoms with E-state index >= 15 is 0 Å². The van der Waals surface area contributed by atoms with Crippen molar-refractivity contribution in [3.05, 3.63) is 58.9 Å². The minimum Gasteiger partial charge on any atom is -0.385 e. The second kappa shape index (κ2) is 11.7. The molecule has 11 heteroatoms. The highest BCUT2D eigenvalue weighted by Gasteiger charge is 2.12. The summed E-state index contributed by atoms with van der Waals surface area (Å²) in [7, 11) is 0. The van der Waals surface area contributed by atoms with Gasteiger partial charge in [0, 0.05) is 29.9 Å². The Kier molecular flexibility index (Phi) is 8.74. The number of halogens is 3. The third-order valence-electron chi connectivity index (χ3n) is 4.27. The first-order valence-electron chi connectivity index (χ1n) is 9.72. The van der Waals surface area contributed by atoms with Gasteiger partial charge < -0.3 is 20.5 Å². The lowest BCUT2D eigenvalue weighted by molar-refractivity contribution is 0.419. The normalized spacial score (nSPS) is 10.8. The second-order valence-electron chi connectivity index (χ2n) is 6.51. The van der Waals surface area contributed by atoms with Crippen LogP contribution in [0.3, 0.4) is 0 Å². The van der Waals surface area contributed by atoms with Crippen LogP contribution in [0.5, 0.6) is 0 Å². The highest BCUT2D eigenvalue weighted by molar-refractivity contribution is 8.00. The quantitative estimate of drug-likeness (QED) is 0.214. The summed E-state index contributed by atoms with van der Waals surface area (Å²) in [5.74, 6) is -0.990. The number of hydrogen-bond acceptors (Lipinski definition) is 8. The molecule has 0 aliphatic heterocycles. The van der Waals surface area contributed by atoms with Crippen molar-refractivity contribution in [2.45, 2.75) is 24.8 Å². The van der Waals surface area contributed by atoms with E-state index in [9.17, 15) is 8.78 Å². The summed E-state index contributed by atoms with van der Waals surface area (Å²) in [5, 5.41) is 13.7. The SMILES string of the molecule is CCNCCCNc1cc(Cl)ccc1CNc1cc(F)c(SNc2ncon2)cc1F. The summed E-state index contributed by atoms with van der Waals surface area (Å²) in [6, 6.07) is 7.68. The lowest BCUT2D eigenvalue weighted by Crippen LogP contribution is -2.17. The van der Waals surface area contributed by atoms with Gasteiger partial charge >= 0.3 is 0 Å². The molecular formula is C20H23ClF2N6OS. The van der Waals surface area contributed by atoms with Crippen LogP contribution in [0.1, 0.15) is 18.9 Å². The Balaban J connectivity index is 1.61. The molecule has 1 heterocycles. The molecule has 166 valence electrons. The monoisotopic (exact) mass is 468 g/mol. The van der Waals surface area contributed by atoms with Gasteiger partial charge in [-0.2, -0.15) is 4.98 Å². The van der Waals surface area contributed by atoms with Crippen molar-refractivity contribution in [1.29, 1.82) is 0 Å². The minimum absolute atomic E-state index is 0.0643. The van der Waals surface area contributed by atoms with E-state index in [1.54, 1.807) is 6.07 Å². The fourth-order valence-electron chi connectivity index (χ4n) is 2.73. The fourth-order valence-corrected chi connectivity index (χ4v) is 3.51. The minimum atomic E-state index is -0.581. The van der Waals surface area contributed by atoms with Crippen LogP contribution in [-0.4, -0.2) is 29.8 Å². The van der Waals surface area contributed by atoms with Gasteiger partial charge in [0.05, 0.1) is 10.6 Å². The van der Waals surface area contributed by atoms with Crippen LogP contribution in [0.2, 0.25) is 5.02 Å². The molecule has 0 amide bonds. The zero-order chi connectivity index (χ0) is 22.1. The van der Waals surface area contributed by atoms with Crippen LogP contribution < -0.4 is 20.7 Å². The molecule has 0 bridgehead atoms. The Morgan fingerprint density at radius 2 is 1.94 bits per heavy atom. The molecule has 1 aromatic heterocycles. The number of rotatable bonds is 12. The zero-order valence-electron chi connectivity index (χ0n) is 16.8. The first kappa shape index (κ1) is 23.1. The summed E-state index contributed by atoms with van der Waals surface area (Å²) < 4.78 is 36.2. The van der Waals surface area contributed by atoms with E-state index in [0.29, 0.717) is 11.6 Å². The average molecular weight is 469 g/mol. The zero-order valence-corrected chi connectivity index (χ0v) is 18.4. The molecule has 0 radical (unpaired) electrons. The average Bonchev–Trinajstić information content (AvgIpc) is 3.27. The van der Waals surface area contributed by atoms with Gasteiger partial charge in [-0.25, -0.2) is 8.78 Å². The molecule has 0 aliphatic carbocycles. The van der Waals surface area contributed by atoms with E-state index in [0.717, 1.165) is 67.8 Å². The molecule has 0 atom stereocenters. The molecule has 2 aromatic carbocycles. The molecule has 3 aromatic rings. The first-order chi connectivity index (χ1) is 15.1. The molecule has 0 aliphatic rings. The van der Waals surface area contributed by atoms with Crippen LogP contribution in [0.25, 0.3) is 0 Å². The van der Waals surface area contributed by atoms with Crippen LogP contribution in [0.15, 0.2) is 46.1 Å². The molecule has 0 fully saturated rings. The van der Waals surface area contributed by atoms with Crippen molar-refractivity contribution < 1.29 is 13.3 Å². The molecule has 31 heavy (non-hydrogen) atoms. The van der Waals surface area contributed by atoms with Crippen LogP contribution >= 0.6 is 23.5 Å². The summed E-state index contributed by atoms with van der Waals surface area (Å²) >= 11 is 6.97. The van der Waals surface area contributed by atoms with Crippen molar-refractivity contribution in [1.82, 2.24) is 15.5 Å². The van der Waals surface area contributed by atoms with E-state index in [4.69, 9.17) is 11.6 Å². The highest BCUT2D eigenvalue weighted by atomic mass is 35.5. The maximum atomic E-state index is 14.5. The van der Waals surface area contributed by atoms with Crippen molar-refractivity contribution in [3.8, 4) is 0 Å². The van der Waals surface area contributed by atoms with Crippen molar-refractivity contribution in [2.75, 3.05) is 35.0 Å². The highest BCUT2D eigenvalue weighted by Crippen LogP contribution is 2.28. The number of hydrogen-bond donors (Lipinski definition) is 4. The van der Waals surface area contributed by atoms with E-state index in [-0.39, 0.29) is 16.5 Å². The van der Waals surface area contributed by atoms with Gasteiger partial charge in [-0.1, -0.05) is 24.6 Å². The summed E-state index contributed by atoms with van der Waals surface area (Å²) in [4.78, 5) is 3.83. The molecule has 0 saturated heterocycles. The smallest absolute Gasteiger partial charge is 0.273 e. The summed E-state index contributed by atoms with van der Waals surface area (Å²) in [5.41, 5.74) is 1.81. The van der Waals surface area contributed by atoms with Gasteiger partial charge in [-0.15, -0.1) is 0 Å². The van der Waals surface area contributed by atoms with Crippen molar-refractivity contribution >= 4 is 40.9 Å². The number of nitrogens with one attached hydrogen (secondary N) is 4. The van der Waals surface area contributed by atoms with E-state index in [1.165, 1.54) is 0 Å². The fraction of sp³-hybridized carbons (Fsp3) is 0.300. The largest absolute Gasteiger partial charge is 0.385 e. The standard InChI is InChI=1S/C20H23ClF2N6OS/c1-2-24-6-3-7-25-17-8-14(21)5-4-13(17)11-26-18-9-16(23)19(10-15(18)22)31-29-20-27-12-30-28-20/h4-5,8-10,12,24-26H,2-3,6-7,11H2,1H3,(H,28,29). The van der Waals surface area contributed by atoms with Gasteiger partial charge in [-0.3, -0.25) is 4.72 Å². The summed E-state index contributed by atoms with van der Waals surface area (Å²) in [6.07, 6.45) is 2.08. The maximum Gasteiger partial charge on any atom is 0.273 e. The van der Waals surface area contributed by atoms with Crippen molar-refractivity contribution in [2.24, 2.45) is 0 Å². The summed E-state index contributed by atoms with van der Waals surface area (Å²) in [6.45, 7) is 4.97. The van der Waals surface area contributed by atoms with Gasteiger partial charge in [0.25, 0.3) is 5.95 Å². The van der Waals surface area contributed by atoms with Gasteiger partial charge in [0.15, 0.2) is 0 Å². The van der Waals surface area contributed by atoms with Crippen LogP contribution in [-0.2, 0) is 6.54 Å². The molecular weight excluding hydrogens is 446 g/mol. The number of aromatic nitrogens is 2. The Bertz CT molecular complexity index is 977. The third kappa shape index (κ3) is 6.98. The van der Waals surface area contributed by atoms with Gasteiger partial charge in [0.2, 0.25) is 6.39 Å². The van der Waals surface area contributed by atoms with Gasteiger partial charge in [-0.05, 0) is 60.4 Å². The molecule has 0 unspecified atom stereocenters. The van der Waals surface area contributed by atoms with Gasteiger partial charge in [0.1, 0.15) is 11.6 Å². The molecule has 4 N–H and O–H groups in total. The second-order valence-corrected chi connectivity index (χ2v) is 7.79. The molecule has 0 saturated carbocycles. The molecule has 0 spiro atoms. The van der Waals surface area contributed by atoms with Crippen molar-refractivity contribution in [3.63, 3.8) is 0 Å². The third-order valence-corrected chi connectivity index (χ3v) is 5.32. The Hall–Kier alpha value is -2.56. The van der Waals surface area contributed by atoms with E-state index in [2.05, 4.69) is 42.3 Å².